The molecular formula is C21H29N3O4S2. The van der Waals surface area contributed by atoms with Gasteiger partial charge in [-0.15, -0.1) is 11.3 Å². The molecule has 1 aromatic carbocycles. The second kappa shape index (κ2) is 10.5. The third kappa shape index (κ3) is 5.28. The minimum absolute atomic E-state index is 0.0699. The number of carbonyl (C=O) groups excluding carboxylic acids is 1. The maximum Gasteiger partial charge on any atom is 0.251 e. The van der Waals surface area contributed by atoms with E-state index in [-0.39, 0.29) is 16.8 Å². The average molecular weight is 452 g/mol. The third-order valence-corrected chi connectivity index (χ3v) is 8.27. The van der Waals surface area contributed by atoms with Crippen molar-refractivity contribution in [3.05, 3.63) is 52.2 Å². The summed E-state index contributed by atoms with van der Waals surface area (Å²) in [5.41, 5.74) is 0.343. The number of carbonyl (C=O) groups is 1. The molecule has 1 N–H and O–H groups in total. The lowest BCUT2D eigenvalue weighted by Crippen LogP contribution is -2.43. The van der Waals surface area contributed by atoms with Gasteiger partial charge in [0.2, 0.25) is 10.0 Å². The van der Waals surface area contributed by atoms with Crippen molar-refractivity contribution in [2.75, 3.05) is 45.9 Å². The molecule has 9 heteroatoms. The molecule has 0 radical (unpaired) electrons. The van der Waals surface area contributed by atoms with Crippen LogP contribution in [-0.2, 0) is 14.8 Å². The zero-order valence-electron chi connectivity index (χ0n) is 17.4. The maximum absolute atomic E-state index is 12.8. The summed E-state index contributed by atoms with van der Waals surface area (Å²) in [6.07, 6.45) is 0. The quantitative estimate of drug-likeness (QED) is 0.634. The van der Waals surface area contributed by atoms with E-state index in [1.807, 2.05) is 11.4 Å². The van der Waals surface area contributed by atoms with Crippen molar-refractivity contribution in [3.63, 3.8) is 0 Å². The molecule has 1 saturated heterocycles. The Morgan fingerprint density at radius 3 is 2.57 bits per heavy atom. The van der Waals surface area contributed by atoms with Crippen LogP contribution < -0.4 is 5.32 Å². The first-order chi connectivity index (χ1) is 14.5. The number of ether oxygens (including phenoxy) is 1. The van der Waals surface area contributed by atoms with Gasteiger partial charge in [0.1, 0.15) is 0 Å². The predicted octanol–water partition coefficient (Wildman–Crippen LogP) is 2.58. The van der Waals surface area contributed by atoms with Gasteiger partial charge in [-0.25, -0.2) is 8.42 Å². The van der Waals surface area contributed by atoms with Gasteiger partial charge in [-0.05, 0) is 29.6 Å². The molecule has 3 rings (SSSR count). The fraction of sp³-hybridized carbons (Fsp3) is 0.476. The van der Waals surface area contributed by atoms with Crippen LogP contribution in [0.3, 0.4) is 0 Å². The summed E-state index contributed by atoms with van der Waals surface area (Å²) in [4.78, 5) is 16.5. The first kappa shape index (κ1) is 22.9. The molecular weight excluding hydrogens is 422 g/mol. The van der Waals surface area contributed by atoms with E-state index < -0.39 is 10.0 Å². The standard InChI is InChI=1S/C21H29N3O4S2/c1-3-24(4-2)30(26,27)18-8-5-7-17(15-18)21(25)22-16-19(20-9-6-14-29-20)23-10-12-28-13-11-23/h5-9,14-15,19H,3-4,10-13,16H2,1-2H3,(H,22,25)/t19-/m1/s1. The number of sulfonamides is 1. The topological polar surface area (TPSA) is 79.0 Å². The summed E-state index contributed by atoms with van der Waals surface area (Å²) in [5.74, 6) is -0.276. The fourth-order valence-electron chi connectivity index (χ4n) is 3.58. The van der Waals surface area contributed by atoms with Gasteiger partial charge < -0.3 is 10.1 Å². The molecule has 1 fully saturated rings. The van der Waals surface area contributed by atoms with Gasteiger partial charge in [-0.3, -0.25) is 9.69 Å². The van der Waals surface area contributed by atoms with Crippen LogP contribution in [0.1, 0.15) is 35.1 Å². The smallest absolute Gasteiger partial charge is 0.251 e. The highest BCUT2D eigenvalue weighted by atomic mass is 32.2. The number of hydrogen-bond donors (Lipinski definition) is 1. The molecule has 2 aromatic rings. The van der Waals surface area contributed by atoms with Crippen molar-refractivity contribution < 1.29 is 17.9 Å². The molecule has 0 bridgehead atoms. The van der Waals surface area contributed by atoms with Gasteiger partial charge in [-0.2, -0.15) is 4.31 Å². The van der Waals surface area contributed by atoms with Gasteiger partial charge >= 0.3 is 0 Å². The molecule has 7 nitrogen and oxygen atoms in total. The van der Waals surface area contributed by atoms with Crippen molar-refractivity contribution in [2.45, 2.75) is 24.8 Å². The molecule has 0 unspecified atom stereocenters. The highest BCUT2D eigenvalue weighted by Crippen LogP contribution is 2.25. The van der Waals surface area contributed by atoms with Crippen molar-refractivity contribution in [3.8, 4) is 0 Å². The van der Waals surface area contributed by atoms with Gasteiger partial charge in [-0.1, -0.05) is 26.0 Å². The number of hydrogen-bond acceptors (Lipinski definition) is 6. The lowest BCUT2D eigenvalue weighted by atomic mass is 10.1. The van der Waals surface area contributed by atoms with E-state index in [4.69, 9.17) is 4.74 Å². The highest BCUT2D eigenvalue weighted by Gasteiger charge is 2.25. The average Bonchev–Trinajstić information content (AvgIpc) is 3.30. The summed E-state index contributed by atoms with van der Waals surface area (Å²) < 4.78 is 32.4. The Hall–Kier alpha value is -1.78. The second-order valence-corrected chi connectivity index (χ2v) is 9.92. The van der Waals surface area contributed by atoms with Crippen molar-refractivity contribution in [1.29, 1.82) is 0 Å². The molecule has 30 heavy (non-hydrogen) atoms. The number of benzene rings is 1. The Kier molecular flexibility index (Phi) is 8.01. The monoisotopic (exact) mass is 451 g/mol. The maximum atomic E-state index is 12.8. The summed E-state index contributed by atoms with van der Waals surface area (Å²) in [6.45, 7) is 7.82. The normalized spacial score (nSPS) is 16.5. The Morgan fingerprint density at radius 1 is 1.20 bits per heavy atom. The van der Waals surface area contributed by atoms with E-state index in [0.717, 1.165) is 13.1 Å². The summed E-state index contributed by atoms with van der Waals surface area (Å²) in [5, 5.41) is 5.03. The van der Waals surface area contributed by atoms with E-state index >= 15 is 0 Å². The first-order valence-corrected chi connectivity index (χ1v) is 12.5. The Morgan fingerprint density at radius 2 is 1.93 bits per heavy atom. The third-order valence-electron chi connectivity index (χ3n) is 5.25. The number of amides is 1. The molecule has 0 saturated carbocycles. The predicted molar refractivity (Wildman–Crippen MR) is 118 cm³/mol. The Labute approximate surface area is 182 Å². The SMILES string of the molecule is CCN(CC)S(=O)(=O)c1cccc(C(=O)NC[C@H](c2cccs2)N2CCOCC2)c1. The minimum atomic E-state index is -3.61. The van der Waals surface area contributed by atoms with Crippen LogP contribution in [0, 0.1) is 0 Å². The van der Waals surface area contributed by atoms with Crippen LogP contribution in [0.15, 0.2) is 46.7 Å². The summed E-state index contributed by atoms with van der Waals surface area (Å²) in [6, 6.07) is 10.4. The first-order valence-electron chi connectivity index (χ1n) is 10.2. The lowest BCUT2D eigenvalue weighted by Gasteiger charge is -2.34. The van der Waals surface area contributed by atoms with Gasteiger partial charge in [0.25, 0.3) is 5.91 Å². The van der Waals surface area contributed by atoms with E-state index in [9.17, 15) is 13.2 Å². The van der Waals surface area contributed by atoms with Crippen molar-refractivity contribution in [2.24, 2.45) is 0 Å². The van der Waals surface area contributed by atoms with E-state index in [1.54, 1.807) is 37.3 Å². The van der Waals surface area contributed by atoms with E-state index in [0.29, 0.717) is 38.4 Å². The number of morpholine rings is 1. The second-order valence-electron chi connectivity index (χ2n) is 7.01. The number of rotatable bonds is 9. The molecule has 1 aliphatic rings. The number of nitrogens with one attached hydrogen (secondary N) is 1. The Balaban J connectivity index is 1.73. The van der Waals surface area contributed by atoms with Crippen LogP contribution in [0.4, 0.5) is 0 Å². The molecule has 1 amide bonds. The van der Waals surface area contributed by atoms with Gasteiger partial charge in [0.05, 0.1) is 24.2 Å². The summed E-state index contributed by atoms with van der Waals surface area (Å²) in [7, 11) is -3.61. The molecule has 1 aliphatic heterocycles. The molecule has 0 spiro atoms. The van der Waals surface area contributed by atoms with Crippen molar-refractivity contribution >= 4 is 27.3 Å². The van der Waals surface area contributed by atoms with Crippen LogP contribution in [0.2, 0.25) is 0 Å². The highest BCUT2D eigenvalue weighted by molar-refractivity contribution is 7.89. The molecule has 164 valence electrons. The molecule has 1 aromatic heterocycles. The van der Waals surface area contributed by atoms with Crippen molar-refractivity contribution in [1.82, 2.24) is 14.5 Å². The minimum Gasteiger partial charge on any atom is -0.379 e. The molecule has 0 aliphatic carbocycles. The zero-order valence-corrected chi connectivity index (χ0v) is 19.0. The molecule has 2 heterocycles. The van der Waals surface area contributed by atoms with E-state index in [2.05, 4.69) is 16.3 Å². The van der Waals surface area contributed by atoms with Crippen LogP contribution in [-0.4, -0.2) is 69.5 Å². The number of nitrogens with zero attached hydrogens (tertiary/aromatic N) is 2. The van der Waals surface area contributed by atoms with Gasteiger partial charge in [0.15, 0.2) is 0 Å². The Bertz CT molecular complexity index is 921. The number of thiophene rings is 1. The van der Waals surface area contributed by atoms with Crippen LogP contribution in [0.25, 0.3) is 0 Å². The van der Waals surface area contributed by atoms with Crippen LogP contribution in [0.5, 0.6) is 0 Å². The largest absolute Gasteiger partial charge is 0.379 e. The molecule has 1 atom stereocenters. The van der Waals surface area contributed by atoms with Crippen LogP contribution >= 0.6 is 11.3 Å². The lowest BCUT2D eigenvalue weighted by molar-refractivity contribution is 0.0169. The van der Waals surface area contributed by atoms with Gasteiger partial charge in [0, 0.05) is 43.2 Å². The fourth-order valence-corrected chi connectivity index (χ4v) is 5.95. The summed E-state index contributed by atoms with van der Waals surface area (Å²) >= 11 is 1.67. The zero-order chi connectivity index (χ0) is 21.6. The van der Waals surface area contributed by atoms with E-state index in [1.165, 1.54) is 21.3 Å².